The molecular weight excluding hydrogens is 412 g/mol. The van der Waals surface area contributed by atoms with Gasteiger partial charge in [-0.15, -0.1) is 0 Å². The topological polar surface area (TPSA) is 26.0 Å². The Hall–Kier alpha value is -3.65. The summed E-state index contributed by atoms with van der Waals surface area (Å²) in [5.74, 6) is 0. The Morgan fingerprint density at radius 3 is 2.21 bits per heavy atom. The zero-order valence-corrected chi connectivity index (χ0v) is 20.6. The first-order chi connectivity index (χ1) is 16.5. The van der Waals surface area contributed by atoms with Crippen LogP contribution in [0.15, 0.2) is 102 Å². The van der Waals surface area contributed by atoms with Crippen LogP contribution in [-0.4, -0.2) is 18.8 Å². The summed E-state index contributed by atoms with van der Waals surface area (Å²) in [4.78, 5) is 3.51. The van der Waals surface area contributed by atoms with E-state index >= 15 is 0 Å². The molecule has 0 unspecified atom stereocenters. The average Bonchev–Trinajstić information content (AvgIpc) is 2.86. The van der Waals surface area contributed by atoms with E-state index in [0.29, 0.717) is 0 Å². The van der Waals surface area contributed by atoms with Crippen molar-refractivity contribution in [2.45, 2.75) is 33.1 Å². The van der Waals surface area contributed by atoms with E-state index in [-0.39, 0.29) is 5.41 Å². The highest BCUT2D eigenvalue weighted by molar-refractivity contribution is 6.06. The van der Waals surface area contributed by atoms with Gasteiger partial charge in [0.05, 0.1) is 0 Å². The van der Waals surface area contributed by atoms with Crippen LogP contribution >= 0.6 is 0 Å². The van der Waals surface area contributed by atoms with Crippen LogP contribution in [-0.2, 0) is 5.41 Å². The van der Waals surface area contributed by atoms with E-state index in [1.165, 1.54) is 55.9 Å². The molecule has 2 aliphatic rings. The van der Waals surface area contributed by atoms with E-state index in [0.717, 1.165) is 13.1 Å². The van der Waals surface area contributed by atoms with Gasteiger partial charge in [0.1, 0.15) is 6.54 Å². The number of rotatable bonds is 5. The van der Waals surface area contributed by atoms with Gasteiger partial charge in [0, 0.05) is 29.8 Å². The maximum atomic E-state index is 3.51. The molecular formula is C32H33N2+. The summed E-state index contributed by atoms with van der Waals surface area (Å²) in [7, 11) is 0. The molecule has 3 aromatic carbocycles. The van der Waals surface area contributed by atoms with E-state index in [1.807, 2.05) is 0 Å². The molecule has 34 heavy (non-hydrogen) atoms. The van der Waals surface area contributed by atoms with Gasteiger partial charge in [-0.25, -0.2) is 4.99 Å². The standard InChI is InChI=1S/C32H32N2/c1-5-33-25-16-18-27-29(20-25)32(3,4)30-21-26(34-6-2)17-19-28(30)31(27)24-14-12-23(13-15-24)22-10-8-7-9-11-22/h7-21,33H,5-6H2,1-4H3/p+1. The van der Waals surface area contributed by atoms with Crippen LogP contribution in [0.2, 0.25) is 0 Å². The van der Waals surface area contributed by atoms with Gasteiger partial charge in [-0.1, -0.05) is 74.5 Å². The first-order valence-corrected chi connectivity index (χ1v) is 12.3. The van der Waals surface area contributed by atoms with E-state index < -0.39 is 0 Å². The summed E-state index contributed by atoms with van der Waals surface area (Å²) < 4.78 is 0. The quantitative estimate of drug-likeness (QED) is 0.501. The third-order valence-electron chi connectivity index (χ3n) is 6.97. The van der Waals surface area contributed by atoms with Crippen LogP contribution in [0.5, 0.6) is 0 Å². The Balaban J connectivity index is 1.71. The largest absolute Gasteiger partial charge is 0.385 e. The molecule has 0 spiro atoms. The molecule has 0 heterocycles. The van der Waals surface area contributed by atoms with Crippen LogP contribution in [0.3, 0.4) is 0 Å². The molecule has 0 atom stereocenters. The predicted molar refractivity (Wildman–Crippen MR) is 145 cm³/mol. The van der Waals surface area contributed by atoms with Crippen molar-refractivity contribution in [1.82, 2.24) is 0 Å². The molecule has 2 aliphatic carbocycles. The summed E-state index contributed by atoms with van der Waals surface area (Å²) in [5, 5.41) is 3.51. The number of benzene rings is 3. The number of hydrogen-bond donors (Lipinski definition) is 2. The molecule has 3 aromatic rings. The maximum Gasteiger partial charge on any atom is 0.198 e. The number of hydrogen-bond acceptors (Lipinski definition) is 1. The number of fused-ring (bicyclic) bond motifs is 2. The number of allylic oxidation sites excluding steroid dienone is 5. The van der Waals surface area contributed by atoms with Gasteiger partial charge in [0.25, 0.3) is 0 Å². The Labute approximate surface area is 203 Å². The minimum Gasteiger partial charge on any atom is -0.385 e. The minimum atomic E-state index is -0.102. The average molecular weight is 446 g/mol. The molecule has 170 valence electrons. The highest BCUT2D eigenvalue weighted by atomic mass is 14.8. The van der Waals surface area contributed by atoms with Gasteiger partial charge in [-0.05, 0) is 76.6 Å². The molecule has 0 aliphatic heterocycles. The Morgan fingerprint density at radius 1 is 0.794 bits per heavy atom. The first-order valence-electron chi connectivity index (χ1n) is 12.3. The monoisotopic (exact) mass is 445 g/mol. The molecule has 0 saturated heterocycles. The molecule has 5 rings (SSSR count). The van der Waals surface area contributed by atoms with E-state index in [9.17, 15) is 0 Å². The van der Waals surface area contributed by atoms with Crippen LogP contribution in [0.4, 0.5) is 5.69 Å². The van der Waals surface area contributed by atoms with Crippen molar-refractivity contribution in [1.29, 1.82) is 0 Å². The lowest BCUT2D eigenvalue weighted by Gasteiger charge is -2.39. The lowest BCUT2D eigenvalue weighted by molar-refractivity contribution is -0.450. The van der Waals surface area contributed by atoms with Gasteiger partial charge in [0.2, 0.25) is 0 Å². The minimum absolute atomic E-state index is 0.102. The van der Waals surface area contributed by atoms with Gasteiger partial charge in [0.15, 0.2) is 5.71 Å². The zero-order chi connectivity index (χ0) is 23.7. The molecule has 2 nitrogen and oxygen atoms in total. The summed E-state index contributed by atoms with van der Waals surface area (Å²) in [6.07, 6.45) is 6.87. The van der Waals surface area contributed by atoms with Gasteiger partial charge in [-0.3, -0.25) is 0 Å². The van der Waals surface area contributed by atoms with Gasteiger partial charge < -0.3 is 5.32 Å². The molecule has 0 fully saturated rings. The Morgan fingerprint density at radius 2 is 1.50 bits per heavy atom. The normalized spacial score (nSPS) is 17.3. The van der Waals surface area contributed by atoms with Crippen LogP contribution in [0.25, 0.3) is 16.7 Å². The number of nitrogens with one attached hydrogen (secondary N) is 2. The van der Waals surface area contributed by atoms with E-state index in [4.69, 9.17) is 0 Å². The predicted octanol–water partition coefficient (Wildman–Crippen LogP) is 5.92. The first kappa shape index (κ1) is 22.2. The molecule has 2 N–H and O–H groups in total. The van der Waals surface area contributed by atoms with Crippen molar-refractivity contribution < 1.29 is 4.99 Å². The van der Waals surface area contributed by atoms with Crippen LogP contribution < -0.4 is 10.3 Å². The summed E-state index contributed by atoms with van der Waals surface area (Å²) in [5.41, 5.74) is 12.7. The van der Waals surface area contributed by atoms with E-state index in [2.05, 4.69) is 129 Å². The molecule has 0 saturated carbocycles. The van der Waals surface area contributed by atoms with Crippen molar-refractivity contribution in [2.24, 2.45) is 0 Å². The molecule has 2 heteroatoms. The highest BCUT2D eigenvalue weighted by Crippen LogP contribution is 2.50. The van der Waals surface area contributed by atoms with Crippen molar-refractivity contribution in [3.05, 3.63) is 119 Å². The smallest absolute Gasteiger partial charge is 0.198 e. The second-order valence-corrected chi connectivity index (χ2v) is 9.52. The van der Waals surface area contributed by atoms with Crippen LogP contribution in [0.1, 0.15) is 44.4 Å². The summed E-state index contributed by atoms with van der Waals surface area (Å²) in [6.45, 7) is 10.8. The molecule has 0 radical (unpaired) electrons. The fourth-order valence-corrected chi connectivity index (χ4v) is 5.25. The second-order valence-electron chi connectivity index (χ2n) is 9.52. The van der Waals surface area contributed by atoms with Crippen molar-refractivity contribution in [3.8, 4) is 11.1 Å². The fraction of sp³-hybridized carbons (Fsp3) is 0.219. The molecule has 0 amide bonds. The highest BCUT2D eigenvalue weighted by Gasteiger charge is 2.38. The Kier molecular flexibility index (Phi) is 5.83. The number of anilines is 1. The zero-order valence-electron chi connectivity index (χ0n) is 20.6. The molecule has 0 aromatic heterocycles. The SMILES string of the molecule is CCNc1ccc2c(c1)C(C)(C)C1=CC(=[NH+]CC)C=CC1=C2c1ccc(-c2ccccc2)cc1. The maximum absolute atomic E-state index is 3.51. The van der Waals surface area contributed by atoms with Gasteiger partial charge >= 0.3 is 0 Å². The third-order valence-corrected chi connectivity index (χ3v) is 6.97. The fourth-order valence-electron chi connectivity index (χ4n) is 5.25. The van der Waals surface area contributed by atoms with Crippen LogP contribution in [0, 0.1) is 0 Å². The lowest BCUT2D eigenvalue weighted by Crippen LogP contribution is -2.71. The third kappa shape index (κ3) is 3.84. The summed E-state index contributed by atoms with van der Waals surface area (Å²) >= 11 is 0. The van der Waals surface area contributed by atoms with Crippen molar-refractivity contribution in [2.75, 3.05) is 18.4 Å². The molecule has 0 bridgehead atoms. The Bertz CT molecular complexity index is 1330. The summed E-state index contributed by atoms with van der Waals surface area (Å²) in [6, 6.07) is 26.5. The van der Waals surface area contributed by atoms with E-state index in [1.54, 1.807) is 0 Å². The second kappa shape index (κ2) is 8.95. The lowest BCUT2D eigenvalue weighted by atomic mass is 9.64. The van der Waals surface area contributed by atoms with Crippen molar-refractivity contribution >= 4 is 17.0 Å². The van der Waals surface area contributed by atoms with Gasteiger partial charge in [-0.2, -0.15) is 0 Å². The van der Waals surface area contributed by atoms with Crippen molar-refractivity contribution in [3.63, 3.8) is 0 Å².